The van der Waals surface area contributed by atoms with Crippen LogP contribution in [0.1, 0.15) is 30.0 Å². The topological polar surface area (TPSA) is 43.6 Å². The van der Waals surface area contributed by atoms with Crippen molar-refractivity contribution in [1.29, 1.82) is 0 Å². The maximum atomic E-state index is 13.5. The predicted molar refractivity (Wildman–Crippen MR) is 77.9 cm³/mol. The van der Waals surface area contributed by atoms with Crippen molar-refractivity contribution in [2.75, 3.05) is 20.8 Å². The molecule has 0 aliphatic carbocycles. The van der Waals surface area contributed by atoms with Crippen LogP contribution >= 0.6 is 0 Å². The van der Waals surface area contributed by atoms with E-state index in [0.29, 0.717) is 6.61 Å². The largest absolute Gasteiger partial charge is 0.494 e. The Hall–Kier alpha value is -1.85. The highest BCUT2D eigenvalue weighted by atomic mass is 19.1. The van der Waals surface area contributed by atoms with Gasteiger partial charge in [0.15, 0.2) is 11.6 Å². The first-order valence-corrected chi connectivity index (χ1v) is 6.84. The van der Waals surface area contributed by atoms with Crippen LogP contribution in [0.15, 0.2) is 34.7 Å². The number of halogens is 1. The summed E-state index contributed by atoms with van der Waals surface area (Å²) in [7, 11) is 3.07. The SMILES string of the molecule is CCNC(c1ccc(F)c(OC)c1)c1ccc(COC)o1. The minimum atomic E-state index is -0.379. The third kappa shape index (κ3) is 3.62. The van der Waals surface area contributed by atoms with Gasteiger partial charge >= 0.3 is 0 Å². The molecule has 1 unspecified atom stereocenters. The first-order valence-electron chi connectivity index (χ1n) is 6.84. The molecule has 1 heterocycles. The molecule has 4 nitrogen and oxygen atoms in total. The van der Waals surface area contributed by atoms with E-state index < -0.39 is 0 Å². The molecule has 0 aliphatic heterocycles. The lowest BCUT2D eigenvalue weighted by Crippen LogP contribution is -2.21. The first-order chi connectivity index (χ1) is 10.2. The summed E-state index contributed by atoms with van der Waals surface area (Å²) in [5, 5.41) is 3.33. The average Bonchev–Trinajstić information content (AvgIpc) is 2.94. The van der Waals surface area contributed by atoms with E-state index in [0.717, 1.165) is 23.6 Å². The summed E-state index contributed by atoms with van der Waals surface area (Å²) in [6.07, 6.45) is 0. The molecule has 0 spiro atoms. The van der Waals surface area contributed by atoms with Gasteiger partial charge in [0.25, 0.3) is 0 Å². The molecule has 0 saturated heterocycles. The first kappa shape index (κ1) is 15.5. The van der Waals surface area contributed by atoms with E-state index in [2.05, 4.69) is 5.32 Å². The molecule has 0 radical (unpaired) electrons. The van der Waals surface area contributed by atoms with E-state index in [4.69, 9.17) is 13.9 Å². The molecule has 5 heteroatoms. The summed E-state index contributed by atoms with van der Waals surface area (Å²) >= 11 is 0. The van der Waals surface area contributed by atoms with E-state index in [1.165, 1.54) is 13.2 Å². The molecule has 0 fully saturated rings. The van der Waals surface area contributed by atoms with Gasteiger partial charge in [-0.15, -0.1) is 0 Å². The zero-order valence-electron chi connectivity index (χ0n) is 12.5. The van der Waals surface area contributed by atoms with Crippen molar-refractivity contribution >= 4 is 0 Å². The Kier molecular flexibility index (Phi) is 5.36. The van der Waals surface area contributed by atoms with E-state index in [-0.39, 0.29) is 17.6 Å². The molecule has 0 aliphatic rings. The molecule has 1 atom stereocenters. The van der Waals surface area contributed by atoms with Crippen LogP contribution in [0.2, 0.25) is 0 Å². The van der Waals surface area contributed by atoms with Gasteiger partial charge in [-0.3, -0.25) is 0 Å². The third-order valence-electron chi connectivity index (χ3n) is 3.17. The molecular weight excluding hydrogens is 273 g/mol. The van der Waals surface area contributed by atoms with Crippen molar-refractivity contribution < 1.29 is 18.3 Å². The molecule has 2 aromatic rings. The summed E-state index contributed by atoms with van der Waals surface area (Å²) in [5.74, 6) is 1.36. The summed E-state index contributed by atoms with van der Waals surface area (Å²) in [5.41, 5.74) is 0.883. The Morgan fingerprint density at radius 2 is 2.05 bits per heavy atom. The zero-order chi connectivity index (χ0) is 15.2. The molecule has 1 N–H and O–H groups in total. The van der Waals surface area contributed by atoms with Crippen LogP contribution in [-0.2, 0) is 11.3 Å². The lowest BCUT2D eigenvalue weighted by atomic mass is 10.0. The maximum Gasteiger partial charge on any atom is 0.165 e. The van der Waals surface area contributed by atoms with Crippen molar-refractivity contribution in [2.24, 2.45) is 0 Å². The molecule has 1 aromatic carbocycles. The highest BCUT2D eigenvalue weighted by Crippen LogP contribution is 2.28. The van der Waals surface area contributed by atoms with Crippen LogP contribution in [0.4, 0.5) is 4.39 Å². The Labute approximate surface area is 123 Å². The van der Waals surface area contributed by atoms with Crippen molar-refractivity contribution in [3.05, 3.63) is 53.2 Å². The highest BCUT2D eigenvalue weighted by molar-refractivity contribution is 5.35. The fraction of sp³-hybridized carbons (Fsp3) is 0.375. The molecule has 2 rings (SSSR count). The number of ether oxygens (including phenoxy) is 2. The molecule has 0 saturated carbocycles. The monoisotopic (exact) mass is 293 g/mol. The van der Waals surface area contributed by atoms with Crippen LogP contribution in [0, 0.1) is 5.82 Å². The van der Waals surface area contributed by atoms with E-state index in [1.807, 2.05) is 19.1 Å². The van der Waals surface area contributed by atoms with Gasteiger partial charge in [-0.2, -0.15) is 0 Å². The van der Waals surface area contributed by atoms with Gasteiger partial charge in [0, 0.05) is 7.11 Å². The second-order valence-electron chi connectivity index (χ2n) is 4.62. The average molecular weight is 293 g/mol. The van der Waals surface area contributed by atoms with Crippen LogP contribution in [0.5, 0.6) is 5.75 Å². The highest BCUT2D eigenvalue weighted by Gasteiger charge is 2.18. The van der Waals surface area contributed by atoms with Gasteiger partial charge in [0.2, 0.25) is 0 Å². The molecule has 0 bridgehead atoms. The number of methoxy groups -OCH3 is 2. The van der Waals surface area contributed by atoms with Crippen molar-refractivity contribution in [3.8, 4) is 5.75 Å². The molecule has 21 heavy (non-hydrogen) atoms. The third-order valence-corrected chi connectivity index (χ3v) is 3.17. The number of rotatable bonds is 7. The minimum absolute atomic E-state index is 0.157. The fourth-order valence-corrected chi connectivity index (χ4v) is 2.21. The van der Waals surface area contributed by atoms with E-state index in [1.54, 1.807) is 19.2 Å². The van der Waals surface area contributed by atoms with E-state index >= 15 is 0 Å². The molecule has 114 valence electrons. The Morgan fingerprint density at radius 3 is 2.71 bits per heavy atom. The smallest absolute Gasteiger partial charge is 0.165 e. The van der Waals surface area contributed by atoms with Gasteiger partial charge < -0.3 is 19.2 Å². The van der Waals surface area contributed by atoms with Gasteiger partial charge in [0.05, 0.1) is 13.2 Å². The summed E-state index contributed by atoms with van der Waals surface area (Å²) in [6, 6.07) is 8.43. The zero-order valence-corrected chi connectivity index (χ0v) is 12.5. The van der Waals surface area contributed by atoms with Crippen LogP contribution in [0.25, 0.3) is 0 Å². The standard InChI is InChI=1S/C16H20FNO3/c1-4-18-16(14-8-6-12(21-14)10-19-2)11-5-7-13(17)15(9-11)20-3/h5-9,16,18H,4,10H2,1-3H3. The maximum absolute atomic E-state index is 13.5. The van der Waals surface area contributed by atoms with Gasteiger partial charge in [-0.25, -0.2) is 4.39 Å². The molecule has 0 amide bonds. The van der Waals surface area contributed by atoms with Crippen molar-refractivity contribution in [3.63, 3.8) is 0 Å². The molecular formula is C16H20FNO3. The van der Waals surface area contributed by atoms with Gasteiger partial charge in [0.1, 0.15) is 18.1 Å². The Morgan fingerprint density at radius 1 is 1.24 bits per heavy atom. The predicted octanol–water partition coefficient (Wildman–Crippen LogP) is 3.27. The van der Waals surface area contributed by atoms with Gasteiger partial charge in [-0.1, -0.05) is 13.0 Å². The van der Waals surface area contributed by atoms with E-state index in [9.17, 15) is 4.39 Å². The lowest BCUT2D eigenvalue weighted by Gasteiger charge is -2.17. The van der Waals surface area contributed by atoms with Crippen LogP contribution in [-0.4, -0.2) is 20.8 Å². The second-order valence-corrected chi connectivity index (χ2v) is 4.62. The normalized spacial score (nSPS) is 12.4. The van der Waals surface area contributed by atoms with Gasteiger partial charge in [-0.05, 0) is 36.4 Å². The summed E-state index contributed by atoms with van der Waals surface area (Å²) in [6.45, 7) is 3.18. The second kappa shape index (κ2) is 7.24. The van der Waals surface area contributed by atoms with Crippen molar-refractivity contribution in [1.82, 2.24) is 5.32 Å². The quantitative estimate of drug-likeness (QED) is 0.851. The Bertz CT molecular complexity index is 583. The van der Waals surface area contributed by atoms with Crippen molar-refractivity contribution in [2.45, 2.75) is 19.6 Å². The van der Waals surface area contributed by atoms with Crippen LogP contribution < -0.4 is 10.1 Å². The number of hydrogen-bond acceptors (Lipinski definition) is 4. The number of benzene rings is 1. The Balaban J connectivity index is 2.33. The minimum Gasteiger partial charge on any atom is -0.494 e. The number of furan rings is 1. The number of nitrogens with one attached hydrogen (secondary N) is 1. The number of hydrogen-bond donors (Lipinski definition) is 1. The van der Waals surface area contributed by atoms with Crippen LogP contribution in [0.3, 0.4) is 0 Å². The lowest BCUT2D eigenvalue weighted by molar-refractivity contribution is 0.162. The fourth-order valence-electron chi connectivity index (χ4n) is 2.21. The summed E-state index contributed by atoms with van der Waals surface area (Å²) in [4.78, 5) is 0. The molecule has 1 aromatic heterocycles. The summed E-state index contributed by atoms with van der Waals surface area (Å²) < 4.78 is 29.4.